The lowest BCUT2D eigenvalue weighted by atomic mass is 10.0. The molecular formula is C21H19N3O2. The molecule has 1 aliphatic heterocycles. The van der Waals surface area contributed by atoms with Crippen LogP contribution in [0.25, 0.3) is 11.1 Å². The molecular weight excluding hydrogens is 326 g/mol. The molecule has 1 aromatic heterocycles. The van der Waals surface area contributed by atoms with Gasteiger partial charge in [0.15, 0.2) is 0 Å². The molecule has 1 amide bonds. The molecule has 2 heterocycles. The van der Waals surface area contributed by atoms with Crippen LogP contribution in [-0.4, -0.2) is 33.9 Å². The molecule has 0 radical (unpaired) electrons. The van der Waals surface area contributed by atoms with Gasteiger partial charge in [0.25, 0.3) is 5.91 Å². The minimum Gasteiger partial charge on any atom is -0.491 e. The van der Waals surface area contributed by atoms with Gasteiger partial charge >= 0.3 is 0 Å². The van der Waals surface area contributed by atoms with E-state index in [2.05, 4.69) is 41.2 Å². The minimum absolute atomic E-state index is 0.0443. The highest BCUT2D eigenvalue weighted by atomic mass is 16.5. The molecule has 1 aliphatic rings. The van der Waals surface area contributed by atoms with Gasteiger partial charge in [-0.3, -0.25) is 14.8 Å². The second-order valence-electron chi connectivity index (χ2n) is 6.35. The maximum atomic E-state index is 13.1. The van der Waals surface area contributed by atoms with Crippen molar-refractivity contribution < 1.29 is 9.53 Å². The van der Waals surface area contributed by atoms with Gasteiger partial charge in [0, 0.05) is 12.4 Å². The van der Waals surface area contributed by atoms with Crippen LogP contribution >= 0.6 is 0 Å². The topological polar surface area (TPSA) is 55.3 Å². The second kappa shape index (κ2) is 6.96. The van der Waals surface area contributed by atoms with Crippen LogP contribution in [0.4, 0.5) is 0 Å². The minimum atomic E-state index is -0.0443. The summed E-state index contributed by atoms with van der Waals surface area (Å²) in [6.45, 7) is 3.46. The van der Waals surface area contributed by atoms with Gasteiger partial charge in [-0.2, -0.15) is 0 Å². The van der Waals surface area contributed by atoms with E-state index in [1.807, 2.05) is 18.2 Å². The number of carbonyl (C=O) groups is 1. The van der Waals surface area contributed by atoms with Gasteiger partial charge in [-0.25, -0.2) is 0 Å². The van der Waals surface area contributed by atoms with Crippen molar-refractivity contribution in [1.82, 2.24) is 14.9 Å². The zero-order valence-corrected chi connectivity index (χ0v) is 14.6. The lowest BCUT2D eigenvalue weighted by Gasteiger charge is -2.19. The van der Waals surface area contributed by atoms with E-state index in [-0.39, 0.29) is 5.91 Å². The number of amides is 1. The molecule has 0 N–H and O–H groups in total. The van der Waals surface area contributed by atoms with E-state index in [0.29, 0.717) is 31.0 Å². The van der Waals surface area contributed by atoms with Crippen molar-refractivity contribution in [2.75, 3.05) is 13.2 Å². The number of benzene rings is 2. The van der Waals surface area contributed by atoms with E-state index in [1.165, 1.54) is 5.56 Å². The molecule has 130 valence electrons. The SMILES string of the molecule is Cc1ccc(-c2ccc3c(c2)C(=O)N(Cc2cnccn2)CCO3)cc1. The third-order valence-electron chi connectivity index (χ3n) is 4.47. The molecule has 0 atom stereocenters. The van der Waals surface area contributed by atoms with Gasteiger partial charge < -0.3 is 9.64 Å². The van der Waals surface area contributed by atoms with Crippen LogP contribution in [0.2, 0.25) is 0 Å². The Labute approximate surface area is 152 Å². The number of aryl methyl sites for hydroxylation is 1. The summed E-state index contributed by atoms with van der Waals surface area (Å²) in [6, 6.07) is 14.1. The summed E-state index contributed by atoms with van der Waals surface area (Å²) in [4.78, 5) is 23.2. The molecule has 0 unspecified atom stereocenters. The van der Waals surface area contributed by atoms with Crippen molar-refractivity contribution in [3.8, 4) is 16.9 Å². The molecule has 3 aromatic rings. The summed E-state index contributed by atoms with van der Waals surface area (Å²) < 4.78 is 5.80. The van der Waals surface area contributed by atoms with E-state index in [4.69, 9.17) is 4.74 Å². The van der Waals surface area contributed by atoms with Crippen LogP contribution in [0.15, 0.2) is 61.1 Å². The van der Waals surface area contributed by atoms with Crippen LogP contribution in [0, 0.1) is 6.92 Å². The van der Waals surface area contributed by atoms with Crippen molar-refractivity contribution in [3.05, 3.63) is 77.9 Å². The number of fused-ring (bicyclic) bond motifs is 1. The number of hydrogen-bond acceptors (Lipinski definition) is 4. The average Bonchev–Trinajstić information content (AvgIpc) is 2.82. The lowest BCUT2D eigenvalue weighted by molar-refractivity contribution is 0.0740. The van der Waals surface area contributed by atoms with Crippen LogP contribution in [-0.2, 0) is 6.54 Å². The van der Waals surface area contributed by atoms with Crippen LogP contribution in [0.3, 0.4) is 0 Å². The zero-order chi connectivity index (χ0) is 17.9. The zero-order valence-electron chi connectivity index (χ0n) is 14.6. The third kappa shape index (κ3) is 3.28. The monoisotopic (exact) mass is 345 g/mol. The Hall–Kier alpha value is -3.21. The summed E-state index contributed by atoms with van der Waals surface area (Å²) >= 11 is 0. The second-order valence-corrected chi connectivity index (χ2v) is 6.35. The van der Waals surface area contributed by atoms with Crippen LogP contribution in [0.1, 0.15) is 21.6 Å². The number of nitrogens with zero attached hydrogens (tertiary/aromatic N) is 3. The number of ether oxygens (including phenoxy) is 1. The van der Waals surface area contributed by atoms with E-state index in [1.54, 1.807) is 23.5 Å². The highest BCUT2D eigenvalue weighted by Crippen LogP contribution is 2.29. The Morgan fingerprint density at radius 1 is 1.08 bits per heavy atom. The smallest absolute Gasteiger partial charge is 0.258 e. The predicted octanol–water partition coefficient (Wildman–Crippen LogP) is 3.49. The van der Waals surface area contributed by atoms with Crippen molar-refractivity contribution in [3.63, 3.8) is 0 Å². The molecule has 0 spiro atoms. The molecule has 0 saturated heterocycles. The Balaban J connectivity index is 1.66. The fourth-order valence-corrected chi connectivity index (χ4v) is 3.04. The van der Waals surface area contributed by atoms with Gasteiger partial charge in [0.1, 0.15) is 12.4 Å². The molecule has 0 saturated carbocycles. The van der Waals surface area contributed by atoms with E-state index in [9.17, 15) is 4.79 Å². The number of hydrogen-bond donors (Lipinski definition) is 0. The van der Waals surface area contributed by atoms with Crippen LogP contribution in [0.5, 0.6) is 5.75 Å². The Morgan fingerprint density at radius 2 is 1.88 bits per heavy atom. The maximum absolute atomic E-state index is 13.1. The highest BCUT2D eigenvalue weighted by molar-refractivity contribution is 5.98. The van der Waals surface area contributed by atoms with Gasteiger partial charge in [-0.1, -0.05) is 35.9 Å². The summed E-state index contributed by atoms with van der Waals surface area (Å²) in [5.41, 5.74) is 4.64. The molecule has 5 nitrogen and oxygen atoms in total. The summed E-state index contributed by atoms with van der Waals surface area (Å²) in [5, 5.41) is 0. The van der Waals surface area contributed by atoms with E-state index in [0.717, 1.165) is 16.8 Å². The summed E-state index contributed by atoms with van der Waals surface area (Å²) in [6.07, 6.45) is 4.94. The van der Waals surface area contributed by atoms with Crippen molar-refractivity contribution in [2.45, 2.75) is 13.5 Å². The van der Waals surface area contributed by atoms with E-state index < -0.39 is 0 Å². The summed E-state index contributed by atoms with van der Waals surface area (Å²) in [7, 11) is 0. The first kappa shape index (κ1) is 16.3. The molecule has 2 aromatic carbocycles. The third-order valence-corrected chi connectivity index (χ3v) is 4.47. The maximum Gasteiger partial charge on any atom is 0.258 e. The largest absolute Gasteiger partial charge is 0.491 e. The number of rotatable bonds is 3. The number of carbonyl (C=O) groups excluding carboxylic acids is 1. The molecule has 0 bridgehead atoms. The number of aromatic nitrogens is 2. The van der Waals surface area contributed by atoms with Crippen molar-refractivity contribution >= 4 is 5.91 Å². The van der Waals surface area contributed by atoms with Gasteiger partial charge in [-0.15, -0.1) is 0 Å². The van der Waals surface area contributed by atoms with E-state index >= 15 is 0 Å². The highest BCUT2D eigenvalue weighted by Gasteiger charge is 2.24. The van der Waals surface area contributed by atoms with Crippen molar-refractivity contribution in [2.24, 2.45) is 0 Å². The molecule has 4 rings (SSSR count). The first-order chi connectivity index (χ1) is 12.7. The molecule has 0 fully saturated rings. The van der Waals surface area contributed by atoms with Gasteiger partial charge in [0.05, 0.1) is 30.5 Å². The fourth-order valence-electron chi connectivity index (χ4n) is 3.04. The lowest BCUT2D eigenvalue weighted by Crippen LogP contribution is -2.32. The van der Waals surface area contributed by atoms with Gasteiger partial charge in [0.2, 0.25) is 0 Å². The van der Waals surface area contributed by atoms with Gasteiger partial charge in [-0.05, 0) is 30.2 Å². The first-order valence-corrected chi connectivity index (χ1v) is 8.59. The average molecular weight is 345 g/mol. The predicted molar refractivity (Wildman–Crippen MR) is 98.9 cm³/mol. The Bertz CT molecular complexity index is 924. The Morgan fingerprint density at radius 3 is 2.65 bits per heavy atom. The first-order valence-electron chi connectivity index (χ1n) is 8.59. The summed E-state index contributed by atoms with van der Waals surface area (Å²) in [5.74, 6) is 0.588. The fraction of sp³-hybridized carbons (Fsp3) is 0.190. The molecule has 5 heteroatoms. The molecule has 0 aliphatic carbocycles. The normalized spacial score (nSPS) is 13.7. The standard InChI is InChI=1S/C21H19N3O2/c1-15-2-4-16(5-3-15)17-6-7-20-19(12-17)21(25)24(10-11-26-20)14-18-13-22-8-9-23-18/h2-9,12-13H,10-11,14H2,1H3. The molecule has 26 heavy (non-hydrogen) atoms. The van der Waals surface area contributed by atoms with Crippen molar-refractivity contribution in [1.29, 1.82) is 0 Å². The quantitative estimate of drug-likeness (QED) is 0.729. The van der Waals surface area contributed by atoms with Crippen LogP contribution < -0.4 is 4.74 Å². The Kier molecular flexibility index (Phi) is 4.35.